The van der Waals surface area contributed by atoms with Crippen molar-refractivity contribution in [2.75, 3.05) is 19.6 Å². The van der Waals surface area contributed by atoms with E-state index in [4.69, 9.17) is 4.84 Å². The molecule has 2 aliphatic rings. The Labute approximate surface area is 187 Å². The lowest BCUT2D eigenvalue weighted by atomic mass is 9.88. The molecule has 0 bridgehead atoms. The van der Waals surface area contributed by atoms with Gasteiger partial charge in [-0.2, -0.15) is 0 Å². The summed E-state index contributed by atoms with van der Waals surface area (Å²) in [5.74, 6) is -1.01. The number of aryl methyl sites for hydroxylation is 2. The van der Waals surface area contributed by atoms with Crippen molar-refractivity contribution in [2.45, 2.75) is 39.7 Å². The van der Waals surface area contributed by atoms with Crippen LogP contribution < -0.4 is 0 Å². The number of oxime groups is 1. The van der Waals surface area contributed by atoms with Gasteiger partial charge >= 0.3 is 0 Å². The van der Waals surface area contributed by atoms with Crippen molar-refractivity contribution in [3.05, 3.63) is 70.3 Å². The zero-order chi connectivity index (χ0) is 23.0. The maximum Gasteiger partial charge on any atom is 0.255 e. The molecule has 1 saturated heterocycles. The maximum atomic E-state index is 13.0. The lowest BCUT2D eigenvalue weighted by Crippen LogP contribution is -2.55. The van der Waals surface area contributed by atoms with Crippen molar-refractivity contribution in [3.8, 4) is 0 Å². The summed E-state index contributed by atoms with van der Waals surface area (Å²) in [5, 5.41) is 4.33. The number of hydrogen-bond acceptors (Lipinski definition) is 5. The quantitative estimate of drug-likeness (QED) is 0.694. The van der Waals surface area contributed by atoms with E-state index in [2.05, 4.69) is 11.2 Å². The summed E-state index contributed by atoms with van der Waals surface area (Å²) in [6.45, 7) is 7.80. The largest absolute Gasteiger partial charge is 0.384 e. The number of carbonyl (C=O) groups is 3. The molecular weight excluding hydrogens is 406 g/mol. The van der Waals surface area contributed by atoms with Gasteiger partial charge in [0.2, 0.25) is 11.8 Å². The molecule has 0 saturated carbocycles. The monoisotopic (exact) mass is 433 g/mol. The minimum atomic E-state index is -0.538. The number of rotatable bonds is 4. The van der Waals surface area contributed by atoms with E-state index in [1.807, 2.05) is 51.1 Å². The highest BCUT2D eigenvalue weighted by Crippen LogP contribution is 2.36. The molecule has 32 heavy (non-hydrogen) atoms. The Morgan fingerprint density at radius 1 is 1.09 bits per heavy atom. The van der Waals surface area contributed by atoms with Gasteiger partial charge in [-0.05, 0) is 56.5 Å². The molecule has 0 radical (unpaired) electrons. The van der Waals surface area contributed by atoms with E-state index >= 15 is 0 Å². The van der Waals surface area contributed by atoms with E-state index < -0.39 is 5.60 Å². The number of amides is 3. The Bertz CT molecular complexity index is 1120. The van der Waals surface area contributed by atoms with Gasteiger partial charge in [-0.25, -0.2) is 0 Å². The summed E-state index contributed by atoms with van der Waals surface area (Å²) in [4.78, 5) is 45.7. The fourth-order valence-corrected chi connectivity index (χ4v) is 4.27. The minimum absolute atomic E-state index is 0.0883. The lowest BCUT2D eigenvalue weighted by Gasteiger charge is -2.32. The van der Waals surface area contributed by atoms with Crippen LogP contribution in [0.4, 0.5) is 0 Å². The third kappa shape index (κ3) is 3.90. The van der Waals surface area contributed by atoms with Gasteiger partial charge < -0.3 is 9.74 Å². The molecular formula is C25H27N3O4. The molecule has 4 rings (SSSR count). The highest BCUT2D eigenvalue weighted by atomic mass is 16.7. The summed E-state index contributed by atoms with van der Waals surface area (Å²) in [6, 6.07) is 13.7. The van der Waals surface area contributed by atoms with Crippen molar-refractivity contribution < 1.29 is 19.2 Å². The molecule has 2 aromatic carbocycles. The van der Waals surface area contributed by atoms with Gasteiger partial charge in [0.1, 0.15) is 13.1 Å². The van der Waals surface area contributed by atoms with E-state index in [1.54, 1.807) is 13.0 Å². The molecule has 7 nitrogen and oxygen atoms in total. The third-order valence-electron chi connectivity index (χ3n) is 6.14. The number of piperazine rings is 1. The van der Waals surface area contributed by atoms with Crippen molar-refractivity contribution in [1.29, 1.82) is 0 Å². The van der Waals surface area contributed by atoms with Crippen LogP contribution in [0.25, 0.3) is 0 Å². The van der Waals surface area contributed by atoms with Gasteiger partial charge in [-0.15, -0.1) is 0 Å². The number of nitrogens with zero attached hydrogens (tertiary/aromatic N) is 3. The van der Waals surface area contributed by atoms with Crippen LogP contribution in [0.15, 0.2) is 47.6 Å². The van der Waals surface area contributed by atoms with Crippen LogP contribution in [0, 0.1) is 13.8 Å². The normalized spacial score (nSPS) is 20.9. The molecule has 0 spiro atoms. The molecule has 0 N–H and O–H groups in total. The van der Waals surface area contributed by atoms with Gasteiger partial charge in [0.05, 0.1) is 5.71 Å². The fraction of sp³-hybridized carbons (Fsp3) is 0.360. The smallest absolute Gasteiger partial charge is 0.255 e. The number of imide groups is 1. The summed E-state index contributed by atoms with van der Waals surface area (Å²) in [5.41, 5.74) is 4.63. The Balaban J connectivity index is 1.51. The first-order valence-electron chi connectivity index (χ1n) is 10.8. The molecule has 1 fully saturated rings. The minimum Gasteiger partial charge on any atom is -0.384 e. The van der Waals surface area contributed by atoms with Gasteiger partial charge in [0.15, 0.2) is 5.60 Å². The zero-order valence-corrected chi connectivity index (χ0v) is 18.8. The lowest BCUT2D eigenvalue weighted by molar-refractivity contribution is -0.149. The van der Waals surface area contributed by atoms with E-state index in [0.717, 1.165) is 28.0 Å². The summed E-state index contributed by atoms with van der Waals surface area (Å²) < 4.78 is 0. The second kappa shape index (κ2) is 8.22. The van der Waals surface area contributed by atoms with Crippen molar-refractivity contribution in [3.63, 3.8) is 0 Å². The second-order valence-electron chi connectivity index (χ2n) is 8.63. The Kier molecular flexibility index (Phi) is 5.59. The highest BCUT2D eigenvalue weighted by molar-refractivity contribution is 6.07. The van der Waals surface area contributed by atoms with E-state index in [0.29, 0.717) is 18.5 Å². The number of benzene rings is 2. The standard InChI is InChI=1S/C25H27N3O4/c1-5-28-22(29)14-27(15-23(28)30)24(31)20-10-9-18(12-17(20)3)21-13-25(4,32-26-21)19-8-6-7-16(2)11-19/h6-12H,5,13-15H2,1-4H3. The van der Waals surface area contributed by atoms with Gasteiger partial charge in [0, 0.05) is 18.5 Å². The number of carbonyl (C=O) groups excluding carboxylic acids is 3. The van der Waals surface area contributed by atoms with Crippen LogP contribution in [-0.2, 0) is 20.0 Å². The van der Waals surface area contributed by atoms with Crippen LogP contribution in [-0.4, -0.2) is 52.9 Å². The van der Waals surface area contributed by atoms with Gasteiger partial charge in [-0.3, -0.25) is 19.3 Å². The molecule has 166 valence electrons. The van der Waals surface area contributed by atoms with Gasteiger partial charge in [-0.1, -0.05) is 41.1 Å². The third-order valence-corrected chi connectivity index (χ3v) is 6.14. The van der Waals surface area contributed by atoms with Gasteiger partial charge in [0.25, 0.3) is 5.91 Å². The highest BCUT2D eigenvalue weighted by Gasteiger charge is 2.37. The fourth-order valence-electron chi connectivity index (χ4n) is 4.27. The molecule has 2 aromatic rings. The zero-order valence-electron chi connectivity index (χ0n) is 18.8. The number of hydrogen-bond donors (Lipinski definition) is 0. The predicted molar refractivity (Wildman–Crippen MR) is 120 cm³/mol. The molecule has 0 aromatic heterocycles. The molecule has 7 heteroatoms. The molecule has 2 heterocycles. The van der Waals surface area contributed by atoms with Crippen LogP contribution in [0.1, 0.15) is 52.9 Å². The Morgan fingerprint density at radius 3 is 2.44 bits per heavy atom. The molecule has 1 unspecified atom stereocenters. The first kappa shape index (κ1) is 21.7. The van der Waals surface area contributed by atoms with E-state index in [9.17, 15) is 14.4 Å². The van der Waals surface area contributed by atoms with Crippen molar-refractivity contribution in [2.24, 2.45) is 5.16 Å². The topological polar surface area (TPSA) is 79.3 Å². The van der Waals surface area contributed by atoms with Crippen LogP contribution in [0.3, 0.4) is 0 Å². The van der Waals surface area contributed by atoms with E-state index in [-0.39, 0.29) is 30.8 Å². The van der Waals surface area contributed by atoms with Crippen LogP contribution in [0.2, 0.25) is 0 Å². The maximum absolute atomic E-state index is 13.0. The molecule has 0 aliphatic carbocycles. The molecule has 1 atom stereocenters. The first-order chi connectivity index (χ1) is 15.2. The molecule has 3 amide bonds. The summed E-state index contributed by atoms with van der Waals surface area (Å²) >= 11 is 0. The SMILES string of the molecule is CCN1C(=O)CN(C(=O)c2ccc(C3=NOC(C)(c4cccc(C)c4)C3)cc2C)CC1=O. The first-order valence-corrected chi connectivity index (χ1v) is 10.8. The average molecular weight is 434 g/mol. The summed E-state index contributed by atoms with van der Waals surface area (Å²) in [6.07, 6.45) is 0.616. The van der Waals surface area contributed by atoms with E-state index in [1.165, 1.54) is 9.80 Å². The number of likely N-dealkylation sites (N-methyl/N-ethyl adjacent to an activating group) is 1. The molecule has 2 aliphatic heterocycles. The summed E-state index contributed by atoms with van der Waals surface area (Å²) in [7, 11) is 0. The van der Waals surface area contributed by atoms with Crippen LogP contribution in [0.5, 0.6) is 0 Å². The second-order valence-corrected chi connectivity index (χ2v) is 8.63. The van der Waals surface area contributed by atoms with Crippen LogP contribution >= 0.6 is 0 Å². The predicted octanol–water partition coefficient (Wildman–Crippen LogP) is 3.17. The van der Waals surface area contributed by atoms with Crippen molar-refractivity contribution in [1.82, 2.24) is 9.80 Å². The Morgan fingerprint density at radius 2 is 1.81 bits per heavy atom. The van der Waals surface area contributed by atoms with Crippen molar-refractivity contribution >= 4 is 23.4 Å². The average Bonchev–Trinajstić information content (AvgIpc) is 3.16. The Hall–Kier alpha value is -3.48.